The average Bonchev–Trinajstić information content (AvgIpc) is 2.85. The van der Waals surface area contributed by atoms with Crippen LogP contribution in [0.3, 0.4) is 0 Å². The zero-order valence-electron chi connectivity index (χ0n) is 21.9. The standard InChI is InChI=1S/C29H39N3O4/c1-6-8-12-18-32(25(33)21-31-28(35)36-29(3,4)5)26(24-17-13-16-22(7-2)19-24)27(34)30-20-23-14-10-9-11-15-23/h7,9-11,13-17,19,26H,2,6,8,12,18,20-21H2,1,3-5H3,(H,30,34)(H,31,35). The molecule has 0 saturated carbocycles. The molecule has 3 amide bonds. The first-order valence-corrected chi connectivity index (χ1v) is 12.4. The number of unbranched alkanes of at least 4 members (excludes halogenated alkanes) is 2. The van der Waals surface area contributed by atoms with Crippen molar-refractivity contribution in [2.75, 3.05) is 13.1 Å². The van der Waals surface area contributed by atoms with Crippen molar-refractivity contribution in [3.8, 4) is 0 Å². The SMILES string of the molecule is C=Cc1cccc(C(C(=O)NCc2ccccc2)N(CCCCC)C(=O)CNC(=O)OC(C)(C)C)c1. The van der Waals surface area contributed by atoms with Gasteiger partial charge in [-0.2, -0.15) is 0 Å². The smallest absolute Gasteiger partial charge is 0.408 e. The van der Waals surface area contributed by atoms with Crippen LogP contribution in [0, 0.1) is 0 Å². The van der Waals surface area contributed by atoms with Gasteiger partial charge in [-0.3, -0.25) is 9.59 Å². The molecule has 0 aromatic heterocycles. The van der Waals surface area contributed by atoms with Gasteiger partial charge in [0.1, 0.15) is 18.2 Å². The molecule has 0 spiro atoms. The van der Waals surface area contributed by atoms with E-state index in [-0.39, 0.29) is 18.4 Å². The quantitative estimate of drug-likeness (QED) is 0.396. The molecular weight excluding hydrogens is 454 g/mol. The van der Waals surface area contributed by atoms with Crippen LogP contribution in [0.4, 0.5) is 4.79 Å². The minimum absolute atomic E-state index is 0.273. The predicted octanol–water partition coefficient (Wildman–Crippen LogP) is 5.23. The van der Waals surface area contributed by atoms with Crippen molar-refractivity contribution in [1.82, 2.24) is 15.5 Å². The number of carbonyl (C=O) groups is 3. The van der Waals surface area contributed by atoms with Crippen LogP contribution in [0.1, 0.15) is 69.7 Å². The van der Waals surface area contributed by atoms with Gasteiger partial charge in [-0.15, -0.1) is 0 Å². The van der Waals surface area contributed by atoms with Crippen molar-refractivity contribution in [3.63, 3.8) is 0 Å². The monoisotopic (exact) mass is 493 g/mol. The van der Waals surface area contributed by atoms with Gasteiger partial charge in [-0.25, -0.2) is 4.79 Å². The van der Waals surface area contributed by atoms with Gasteiger partial charge in [0.2, 0.25) is 11.8 Å². The van der Waals surface area contributed by atoms with Gasteiger partial charge >= 0.3 is 6.09 Å². The molecule has 0 bridgehead atoms. The molecule has 0 saturated heterocycles. The summed E-state index contributed by atoms with van der Waals surface area (Å²) in [4.78, 5) is 40.7. The molecule has 2 aromatic carbocycles. The van der Waals surface area contributed by atoms with Crippen LogP contribution in [-0.4, -0.2) is 41.5 Å². The lowest BCUT2D eigenvalue weighted by Crippen LogP contribution is -2.48. The largest absolute Gasteiger partial charge is 0.444 e. The highest BCUT2D eigenvalue weighted by Crippen LogP contribution is 2.24. The molecule has 2 aromatic rings. The molecule has 0 fully saturated rings. The first kappa shape index (κ1) is 28.6. The molecule has 0 aliphatic carbocycles. The Morgan fingerprint density at radius 1 is 1.03 bits per heavy atom. The number of benzene rings is 2. The maximum absolute atomic E-state index is 13.6. The van der Waals surface area contributed by atoms with E-state index in [9.17, 15) is 14.4 Å². The van der Waals surface area contributed by atoms with Crippen LogP contribution in [0.2, 0.25) is 0 Å². The Balaban J connectivity index is 2.32. The topological polar surface area (TPSA) is 87.7 Å². The molecule has 36 heavy (non-hydrogen) atoms. The summed E-state index contributed by atoms with van der Waals surface area (Å²) in [7, 11) is 0. The molecule has 194 valence electrons. The van der Waals surface area contributed by atoms with Gasteiger partial charge in [-0.1, -0.05) is 81.0 Å². The van der Waals surface area contributed by atoms with Gasteiger partial charge in [0.25, 0.3) is 0 Å². The van der Waals surface area contributed by atoms with E-state index >= 15 is 0 Å². The van der Waals surface area contributed by atoms with Crippen molar-refractivity contribution < 1.29 is 19.1 Å². The second-order valence-corrected chi connectivity index (χ2v) is 9.63. The maximum atomic E-state index is 13.6. The molecule has 0 aliphatic rings. The van der Waals surface area contributed by atoms with Crippen LogP contribution in [0.25, 0.3) is 6.08 Å². The second kappa shape index (κ2) is 14.1. The van der Waals surface area contributed by atoms with E-state index in [1.54, 1.807) is 31.7 Å². The molecule has 2 rings (SSSR count). The minimum atomic E-state index is -0.863. The Hall–Kier alpha value is -3.61. The highest BCUT2D eigenvalue weighted by atomic mass is 16.6. The van der Waals surface area contributed by atoms with Crippen molar-refractivity contribution in [2.24, 2.45) is 0 Å². The minimum Gasteiger partial charge on any atom is -0.444 e. The summed E-state index contributed by atoms with van der Waals surface area (Å²) in [5, 5.41) is 5.52. The summed E-state index contributed by atoms with van der Waals surface area (Å²) in [5.41, 5.74) is 1.81. The van der Waals surface area contributed by atoms with Crippen LogP contribution in [0.5, 0.6) is 0 Å². The number of alkyl carbamates (subject to hydrolysis) is 1. The number of nitrogens with zero attached hydrogens (tertiary/aromatic N) is 1. The maximum Gasteiger partial charge on any atom is 0.408 e. The highest BCUT2D eigenvalue weighted by Gasteiger charge is 2.31. The first-order chi connectivity index (χ1) is 17.1. The van der Waals surface area contributed by atoms with Crippen LogP contribution >= 0.6 is 0 Å². The molecular formula is C29H39N3O4. The zero-order valence-corrected chi connectivity index (χ0v) is 21.9. The summed E-state index contributed by atoms with van der Waals surface area (Å²) < 4.78 is 5.27. The van der Waals surface area contributed by atoms with Crippen LogP contribution < -0.4 is 10.6 Å². The summed E-state index contributed by atoms with van der Waals surface area (Å²) in [6.45, 7) is 11.6. The van der Waals surface area contributed by atoms with Crippen LogP contribution in [-0.2, 0) is 20.9 Å². The Bertz CT molecular complexity index is 1010. The van der Waals surface area contributed by atoms with E-state index in [1.807, 2.05) is 54.6 Å². The predicted molar refractivity (Wildman–Crippen MR) is 143 cm³/mol. The molecule has 0 radical (unpaired) electrons. The zero-order chi connectivity index (χ0) is 26.6. The Kier molecular flexibility index (Phi) is 11.2. The lowest BCUT2D eigenvalue weighted by Gasteiger charge is -2.32. The lowest BCUT2D eigenvalue weighted by molar-refractivity contribution is -0.140. The number of hydrogen-bond donors (Lipinski definition) is 2. The highest BCUT2D eigenvalue weighted by molar-refractivity contribution is 5.90. The summed E-state index contributed by atoms with van der Waals surface area (Å²) in [6.07, 6.45) is 3.64. The number of ether oxygens (including phenoxy) is 1. The number of rotatable bonds is 12. The Labute approximate surface area is 214 Å². The van der Waals surface area contributed by atoms with Crippen molar-refractivity contribution >= 4 is 24.0 Å². The molecule has 2 N–H and O–H groups in total. The number of hydrogen-bond acceptors (Lipinski definition) is 4. The normalized spacial score (nSPS) is 11.8. The first-order valence-electron chi connectivity index (χ1n) is 12.4. The molecule has 7 nitrogen and oxygen atoms in total. The van der Waals surface area contributed by atoms with Crippen molar-refractivity contribution in [3.05, 3.63) is 77.9 Å². The third kappa shape index (κ3) is 9.56. The van der Waals surface area contributed by atoms with Gasteiger partial charge in [0.15, 0.2) is 0 Å². The van der Waals surface area contributed by atoms with E-state index < -0.39 is 17.7 Å². The Morgan fingerprint density at radius 3 is 2.39 bits per heavy atom. The lowest BCUT2D eigenvalue weighted by atomic mass is 10.0. The molecule has 1 atom stereocenters. The molecule has 7 heteroatoms. The third-order valence-corrected chi connectivity index (χ3v) is 5.44. The fraction of sp³-hybridized carbons (Fsp3) is 0.414. The van der Waals surface area contributed by atoms with Gasteiger partial charge < -0.3 is 20.3 Å². The van der Waals surface area contributed by atoms with Gasteiger partial charge in [-0.05, 0) is 49.9 Å². The van der Waals surface area contributed by atoms with Crippen LogP contribution in [0.15, 0.2) is 61.2 Å². The van der Waals surface area contributed by atoms with E-state index in [2.05, 4.69) is 24.1 Å². The van der Waals surface area contributed by atoms with E-state index in [4.69, 9.17) is 4.74 Å². The number of amides is 3. The number of nitrogens with one attached hydrogen (secondary N) is 2. The summed E-state index contributed by atoms with van der Waals surface area (Å²) in [6, 6.07) is 16.2. The number of carbonyl (C=O) groups excluding carboxylic acids is 3. The van der Waals surface area contributed by atoms with Crippen molar-refractivity contribution in [2.45, 2.75) is 65.1 Å². The molecule has 1 unspecified atom stereocenters. The third-order valence-electron chi connectivity index (χ3n) is 5.44. The van der Waals surface area contributed by atoms with E-state index in [1.165, 1.54) is 0 Å². The fourth-order valence-corrected chi connectivity index (χ4v) is 3.70. The van der Waals surface area contributed by atoms with E-state index in [0.29, 0.717) is 18.7 Å². The second-order valence-electron chi connectivity index (χ2n) is 9.63. The van der Waals surface area contributed by atoms with Gasteiger partial charge in [0.05, 0.1) is 0 Å². The summed E-state index contributed by atoms with van der Waals surface area (Å²) >= 11 is 0. The molecule has 0 aliphatic heterocycles. The van der Waals surface area contributed by atoms with E-state index in [0.717, 1.165) is 30.4 Å². The molecule has 0 heterocycles. The average molecular weight is 494 g/mol. The fourth-order valence-electron chi connectivity index (χ4n) is 3.70. The Morgan fingerprint density at radius 2 is 1.75 bits per heavy atom. The van der Waals surface area contributed by atoms with Crippen molar-refractivity contribution in [1.29, 1.82) is 0 Å². The van der Waals surface area contributed by atoms with Gasteiger partial charge in [0, 0.05) is 13.1 Å². The summed E-state index contributed by atoms with van der Waals surface area (Å²) in [5.74, 6) is -0.650.